The second-order valence-electron chi connectivity index (χ2n) is 6.41. The molecule has 0 saturated carbocycles. The minimum atomic E-state index is -0.0484. The molecular weight excluding hydrogens is 354 g/mol. The molecular formula is C19H24ClN3OS. The zero-order chi connectivity index (χ0) is 17.5. The number of piperidine rings is 1. The SMILES string of the molecule is O=C(NCCc1cccs1)NC1CCN(Cc2ccc(Cl)cc2)CC1. The minimum absolute atomic E-state index is 0.0484. The lowest BCUT2D eigenvalue weighted by Crippen LogP contribution is -2.48. The number of hydrogen-bond donors (Lipinski definition) is 2. The molecule has 0 bridgehead atoms. The average Bonchev–Trinajstić information content (AvgIpc) is 3.12. The highest BCUT2D eigenvalue weighted by atomic mass is 35.5. The highest BCUT2D eigenvalue weighted by molar-refractivity contribution is 7.09. The van der Waals surface area contributed by atoms with Gasteiger partial charge in [-0.15, -0.1) is 11.3 Å². The highest BCUT2D eigenvalue weighted by Crippen LogP contribution is 2.16. The molecule has 0 spiro atoms. The number of benzene rings is 1. The number of thiophene rings is 1. The van der Waals surface area contributed by atoms with Gasteiger partial charge in [-0.3, -0.25) is 4.90 Å². The fourth-order valence-corrected chi connectivity index (χ4v) is 3.91. The topological polar surface area (TPSA) is 44.4 Å². The number of carbonyl (C=O) groups is 1. The van der Waals surface area contributed by atoms with Crippen molar-refractivity contribution in [2.45, 2.75) is 31.8 Å². The van der Waals surface area contributed by atoms with E-state index in [1.54, 1.807) is 11.3 Å². The average molecular weight is 378 g/mol. The van der Waals surface area contributed by atoms with Gasteiger partial charge in [0, 0.05) is 42.1 Å². The number of amides is 2. The second kappa shape index (κ2) is 9.22. The van der Waals surface area contributed by atoms with Crippen LogP contribution in [0.1, 0.15) is 23.3 Å². The van der Waals surface area contributed by atoms with Crippen LogP contribution in [-0.4, -0.2) is 36.6 Å². The summed E-state index contributed by atoms with van der Waals surface area (Å²) in [5, 5.41) is 8.89. The van der Waals surface area contributed by atoms with Crippen molar-refractivity contribution in [3.63, 3.8) is 0 Å². The number of hydrogen-bond acceptors (Lipinski definition) is 3. The number of rotatable bonds is 6. The van der Waals surface area contributed by atoms with Crippen LogP contribution in [0.3, 0.4) is 0 Å². The van der Waals surface area contributed by atoms with Crippen molar-refractivity contribution in [1.82, 2.24) is 15.5 Å². The summed E-state index contributed by atoms with van der Waals surface area (Å²) in [5.41, 5.74) is 1.28. The van der Waals surface area contributed by atoms with Crippen LogP contribution >= 0.6 is 22.9 Å². The lowest BCUT2D eigenvalue weighted by Gasteiger charge is -2.32. The Hall–Kier alpha value is -1.56. The van der Waals surface area contributed by atoms with Crippen molar-refractivity contribution < 1.29 is 4.79 Å². The van der Waals surface area contributed by atoms with Crippen LogP contribution in [0.25, 0.3) is 0 Å². The first kappa shape index (κ1) is 18.2. The molecule has 0 aliphatic carbocycles. The molecule has 2 heterocycles. The second-order valence-corrected chi connectivity index (χ2v) is 7.88. The molecule has 1 saturated heterocycles. The normalized spacial score (nSPS) is 15.9. The van der Waals surface area contributed by atoms with E-state index >= 15 is 0 Å². The van der Waals surface area contributed by atoms with Gasteiger partial charge in [-0.1, -0.05) is 29.8 Å². The Balaban J connectivity index is 1.33. The first-order chi connectivity index (χ1) is 12.2. The Bertz CT molecular complexity index is 652. The lowest BCUT2D eigenvalue weighted by molar-refractivity contribution is 0.186. The van der Waals surface area contributed by atoms with Gasteiger partial charge in [-0.25, -0.2) is 4.79 Å². The third-order valence-electron chi connectivity index (χ3n) is 4.48. The van der Waals surface area contributed by atoms with E-state index in [2.05, 4.69) is 39.1 Å². The zero-order valence-electron chi connectivity index (χ0n) is 14.2. The zero-order valence-corrected chi connectivity index (χ0v) is 15.8. The predicted octanol–water partition coefficient (Wildman–Crippen LogP) is 3.91. The number of halogens is 1. The van der Waals surface area contributed by atoms with Gasteiger partial charge in [0.25, 0.3) is 0 Å². The molecule has 4 nitrogen and oxygen atoms in total. The molecule has 1 fully saturated rings. The molecule has 1 aromatic carbocycles. The van der Waals surface area contributed by atoms with Gasteiger partial charge in [0.15, 0.2) is 0 Å². The van der Waals surface area contributed by atoms with E-state index in [4.69, 9.17) is 11.6 Å². The summed E-state index contributed by atoms with van der Waals surface area (Å²) < 4.78 is 0. The van der Waals surface area contributed by atoms with E-state index in [0.717, 1.165) is 43.9 Å². The Morgan fingerprint density at radius 1 is 1.20 bits per heavy atom. The predicted molar refractivity (Wildman–Crippen MR) is 104 cm³/mol. The van der Waals surface area contributed by atoms with Crippen LogP contribution in [0.4, 0.5) is 4.79 Å². The largest absolute Gasteiger partial charge is 0.338 e. The number of likely N-dealkylation sites (tertiary alicyclic amines) is 1. The third kappa shape index (κ3) is 6.03. The van der Waals surface area contributed by atoms with Crippen molar-refractivity contribution in [1.29, 1.82) is 0 Å². The number of carbonyl (C=O) groups excluding carboxylic acids is 1. The van der Waals surface area contributed by atoms with Gasteiger partial charge in [-0.05, 0) is 48.4 Å². The maximum atomic E-state index is 12.0. The van der Waals surface area contributed by atoms with Gasteiger partial charge in [0.2, 0.25) is 0 Å². The molecule has 2 N–H and O–H groups in total. The van der Waals surface area contributed by atoms with E-state index in [1.807, 2.05) is 18.2 Å². The molecule has 1 aliphatic rings. The van der Waals surface area contributed by atoms with Crippen molar-refractivity contribution >= 4 is 29.0 Å². The number of urea groups is 1. The summed E-state index contributed by atoms with van der Waals surface area (Å²) in [5.74, 6) is 0. The molecule has 134 valence electrons. The summed E-state index contributed by atoms with van der Waals surface area (Å²) >= 11 is 7.66. The van der Waals surface area contributed by atoms with E-state index in [0.29, 0.717) is 6.54 Å². The van der Waals surface area contributed by atoms with Crippen LogP contribution in [0.5, 0.6) is 0 Å². The monoisotopic (exact) mass is 377 g/mol. The summed E-state index contributed by atoms with van der Waals surface area (Å²) in [6, 6.07) is 12.4. The molecule has 3 rings (SSSR count). The van der Waals surface area contributed by atoms with Gasteiger partial charge >= 0.3 is 6.03 Å². The van der Waals surface area contributed by atoms with Crippen LogP contribution in [0.15, 0.2) is 41.8 Å². The molecule has 25 heavy (non-hydrogen) atoms. The Labute approximate surface area is 158 Å². The van der Waals surface area contributed by atoms with Crippen molar-refractivity contribution in [3.05, 3.63) is 57.2 Å². The molecule has 2 aromatic rings. The maximum absolute atomic E-state index is 12.0. The van der Waals surface area contributed by atoms with Crippen LogP contribution in [0.2, 0.25) is 5.02 Å². The summed E-state index contributed by atoms with van der Waals surface area (Å²) in [6.45, 7) is 3.63. The molecule has 0 unspecified atom stereocenters. The van der Waals surface area contributed by atoms with Crippen molar-refractivity contribution in [2.75, 3.05) is 19.6 Å². The van der Waals surface area contributed by atoms with Crippen molar-refractivity contribution in [2.24, 2.45) is 0 Å². The molecule has 2 amide bonds. The first-order valence-electron chi connectivity index (χ1n) is 8.72. The van der Waals surface area contributed by atoms with Gasteiger partial charge in [-0.2, -0.15) is 0 Å². The minimum Gasteiger partial charge on any atom is -0.338 e. The third-order valence-corrected chi connectivity index (χ3v) is 5.67. The van der Waals surface area contributed by atoms with Crippen LogP contribution in [-0.2, 0) is 13.0 Å². The highest BCUT2D eigenvalue weighted by Gasteiger charge is 2.20. The van der Waals surface area contributed by atoms with Gasteiger partial charge in [0.05, 0.1) is 0 Å². The fourth-order valence-electron chi connectivity index (χ4n) is 3.07. The Morgan fingerprint density at radius 3 is 2.64 bits per heavy atom. The smallest absolute Gasteiger partial charge is 0.315 e. The number of nitrogens with one attached hydrogen (secondary N) is 2. The molecule has 0 radical (unpaired) electrons. The van der Waals surface area contributed by atoms with Gasteiger partial charge in [0.1, 0.15) is 0 Å². The summed E-state index contributed by atoms with van der Waals surface area (Å²) in [7, 11) is 0. The first-order valence-corrected chi connectivity index (χ1v) is 9.98. The van der Waals surface area contributed by atoms with Crippen LogP contribution in [0, 0.1) is 0 Å². The van der Waals surface area contributed by atoms with Crippen molar-refractivity contribution in [3.8, 4) is 0 Å². The molecule has 6 heteroatoms. The molecule has 1 aromatic heterocycles. The number of nitrogens with zero attached hydrogens (tertiary/aromatic N) is 1. The maximum Gasteiger partial charge on any atom is 0.315 e. The molecule has 0 atom stereocenters. The fraction of sp³-hybridized carbons (Fsp3) is 0.421. The lowest BCUT2D eigenvalue weighted by atomic mass is 10.0. The Morgan fingerprint density at radius 2 is 1.96 bits per heavy atom. The van der Waals surface area contributed by atoms with E-state index in [9.17, 15) is 4.79 Å². The summed E-state index contributed by atoms with van der Waals surface area (Å²) in [6.07, 6.45) is 2.88. The Kier molecular flexibility index (Phi) is 6.73. The molecule has 1 aliphatic heterocycles. The standard InChI is InChI=1S/C19H24ClN3OS/c20-16-5-3-15(4-6-16)14-23-11-8-17(9-12-23)22-19(24)21-10-7-18-2-1-13-25-18/h1-6,13,17H,7-12,14H2,(H2,21,22,24). The van der Waals surface area contributed by atoms with E-state index < -0.39 is 0 Å². The van der Waals surface area contributed by atoms with Crippen LogP contribution < -0.4 is 10.6 Å². The van der Waals surface area contributed by atoms with E-state index in [-0.39, 0.29) is 12.1 Å². The quantitative estimate of drug-likeness (QED) is 0.801. The summed E-state index contributed by atoms with van der Waals surface area (Å²) in [4.78, 5) is 15.7. The van der Waals surface area contributed by atoms with E-state index in [1.165, 1.54) is 10.4 Å². The van der Waals surface area contributed by atoms with Gasteiger partial charge < -0.3 is 10.6 Å².